The van der Waals surface area contributed by atoms with E-state index in [0.29, 0.717) is 6.04 Å². The second kappa shape index (κ2) is 5.68. The Morgan fingerprint density at radius 3 is 2.29 bits per heavy atom. The first-order valence-electron chi connectivity index (χ1n) is 6.95. The van der Waals surface area contributed by atoms with Crippen LogP contribution in [0.25, 0.3) is 0 Å². The molecule has 1 atom stereocenters. The van der Waals surface area contributed by atoms with Crippen molar-refractivity contribution in [2.24, 2.45) is 11.8 Å². The third-order valence-corrected chi connectivity index (χ3v) is 3.64. The molecule has 1 N–H and O–H groups in total. The summed E-state index contributed by atoms with van der Waals surface area (Å²) in [6, 6.07) is 9.76. The smallest absolute Gasteiger partial charge is 0.0320 e. The van der Waals surface area contributed by atoms with E-state index in [4.69, 9.17) is 0 Å². The molecule has 17 heavy (non-hydrogen) atoms. The molecule has 1 aliphatic carbocycles. The first-order valence-corrected chi connectivity index (χ1v) is 6.95. The maximum Gasteiger partial charge on any atom is 0.0320 e. The minimum Gasteiger partial charge on any atom is -0.313 e. The van der Waals surface area contributed by atoms with E-state index in [1.807, 2.05) is 0 Å². The van der Waals surface area contributed by atoms with E-state index < -0.39 is 0 Å². The molecular formula is C16H25N. The van der Waals surface area contributed by atoms with Gasteiger partial charge in [-0.2, -0.15) is 0 Å². The maximum absolute atomic E-state index is 3.45. The normalized spacial score (nSPS) is 17.4. The summed E-state index contributed by atoms with van der Waals surface area (Å²) in [6.45, 7) is 4.55. The first-order chi connectivity index (χ1) is 8.19. The zero-order chi connectivity index (χ0) is 12.3. The predicted octanol–water partition coefficient (Wildman–Crippen LogP) is 3.95. The molecule has 0 radical (unpaired) electrons. The summed E-state index contributed by atoms with van der Waals surface area (Å²) < 4.78 is 0. The zero-order valence-electron chi connectivity index (χ0n) is 11.4. The van der Waals surface area contributed by atoms with Crippen LogP contribution < -0.4 is 5.32 Å². The Bertz CT molecular complexity index is 335. The van der Waals surface area contributed by atoms with Crippen LogP contribution in [0, 0.1) is 11.8 Å². The summed E-state index contributed by atoms with van der Waals surface area (Å²) in [6.07, 6.45) is 5.36. The van der Waals surface area contributed by atoms with Gasteiger partial charge in [0.15, 0.2) is 0 Å². The second-order valence-corrected chi connectivity index (χ2v) is 5.86. The summed E-state index contributed by atoms with van der Waals surface area (Å²) in [4.78, 5) is 0. The molecule has 0 saturated heterocycles. The lowest BCUT2D eigenvalue weighted by Gasteiger charge is -2.17. The van der Waals surface area contributed by atoms with Crippen molar-refractivity contribution in [3.8, 4) is 0 Å². The van der Waals surface area contributed by atoms with Crippen molar-refractivity contribution in [3.05, 3.63) is 35.4 Å². The van der Waals surface area contributed by atoms with Gasteiger partial charge < -0.3 is 5.32 Å². The number of nitrogens with one attached hydrogen (secondary N) is 1. The van der Waals surface area contributed by atoms with Gasteiger partial charge in [-0.3, -0.25) is 0 Å². The average Bonchev–Trinajstić information content (AvgIpc) is 3.10. The van der Waals surface area contributed by atoms with E-state index in [-0.39, 0.29) is 0 Å². The van der Waals surface area contributed by atoms with Crippen LogP contribution in [0.5, 0.6) is 0 Å². The number of hydrogen-bond donors (Lipinski definition) is 1. The molecule has 1 unspecified atom stereocenters. The van der Waals surface area contributed by atoms with Gasteiger partial charge in [-0.15, -0.1) is 0 Å². The number of hydrogen-bond acceptors (Lipinski definition) is 1. The quantitative estimate of drug-likeness (QED) is 0.782. The van der Waals surface area contributed by atoms with Crippen molar-refractivity contribution >= 4 is 0 Å². The predicted molar refractivity (Wildman–Crippen MR) is 74.1 cm³/mol. The molecule has 1 aliphatic rings. The molecular weight excluding hydrogens is 206 g/mol. The van der Waals surface area contributed by atoms with Gasteiger partial charge in [0.1, 0.15) is 0 Å². The minimum atomic E-state index is 0.551. The third-order valence-electron chi connectivity index (χ3n) is 3.64. The molecule has 0 heterocycles. The van der Waals surface area contributed by atoms with Crippen LogP contribution in [0.15, 0.2) is 24.3 Å². The molecule has 94 valence electrons. The van der Waals surface area contributed by atoms with Gasteiger partial charge in [0.25, 0.3) is 0 Å². The van der Waals surface area contributed by atoms with Crippen LogP contribution >= 0.6 is 0 Å². The van der Waals surface area contributed by atoms with E-state index in [0.717, 1.165) is 11.8 Å². The SMILES string of the molecule is CNC(CC1CC1)c1ccc(CC(C)C)cc1. The van der Waals surface area contributed by atoms with E-state index >= 15 is 0 Å². The Hall–Kier alpha value is -0.820. The zero-order valence-corrected chi connectivity index (χ0v) is 11.4. The van der Waals surface area contributed by atoms with Crippen LogP contribution in [0.4, 0.5) is 0 Å². The van der Waals surface area contributed by atoms with Gasteiger partial charge in [-0.25, -0.2) is 0 Å². The van der Waals surface area contributed by atoms with E-state index in [2.05, 4.69) is 50.5 Å². The number of benzene rings is 1. The maximum atomic E-state index is 3.45. The largest absolute Gasteiger partial charge is 0.313 e. The Labute approximate surface area is 106 Å². The van der Waals surface area contributed by atoms with Crippen LogP contribution in [-0.4, -0.2) is 7.05 Å². The third kappa shape index (κ3) is 3.85. The van der Waals surface area contributed by atoms with Crippen molar-refractivity contribution < 1.29 is 0 Å². The number of rotatable bonds is 6. The van der Waals surface area contributed by atoms with Gasteiger partial charge in [0.2, 0.25) is 0 Å². The molecule has 0 spiro atoms. The fourth-order valence-electron chi connectivity index (χ4n) is 2.46. The Morgan fingerprint density at radius 1 is 1.18 bits per heavy atom. The van der Waals surface area contributed by atoms with E-state index in [1.165, 1.54) is 36.8 Å². The summed E-state index contributed by atoms with van der Waals surface area (Å²) >= 11 is 0. The topological polar surface area (TPSA) is 12.0 Å². The van der Waals surface area contributed by atoms with Crippen LogP contribution in [-0.2, 0) is 6.42 Å². The van der Waals surface area contributed by atoms with Crippen molar-refractivity contribution in [2.45, 2.75) is 45.6 Å². The molecule has 1 aromatic rings. The van der Waals surface area contributed by atoms with Crippen molar-refractivity contribution in [3.63, 3.8) is 0 Å². The van der Waals surface area contributed by atoms with Gasteiger partial charge >= 0.3 is 0 Å². The highest BCUT2D eigenvalue weighted by atomic mass is 14.9. The molecule has 0 amide bonds. The summed E-state index contributed by atoms with van der Waals surface area (Å²) in [5, 5.41) is 3.45. The average molecular weight is 231 g/mol. The van der Waals surface area contributed by atoms with Crippen molar-refractivity contribution in [1.29, 1.82) is 0 Å². The fourth-order valence-corrected chi connectivity index (χ4v) is 2.46. The van der Waals surface area contributed by atoms with Crippen LogP contribution in [0.2, 0.25) is 0 Å². The van der Waals surface area contributed by atoms with Gasteiger partial charge in [-0.1, -0.05) is 51.0 Å². The molecule has 1 nitrogen and oxygen atoms in total. The highest BCUT2D eigenvalue weighted by Crippen LogP contribution is 2.37. The molecule has 1 heteroatoms. The molecule has 1 aromatic carbocycles. The lowest BCUT2D eigenvalue weighted by molar-refractivity contribution is 0.514. The van der Waals surface area contributed by atoms with Crippen molar-refractivity contribution in [2.75, 3.05) is 7.05 Å². The van der Waals surface area contributed by atoms with Crippen LogP contribution in [0.3, 0.4) is 0 Å². The molecule has 1 saturated carbocycles. The van der Waals surface area contributed by atoms with Crippen LogP contribution in [0.1, 0.15) is 50.3 Å². The molecule has 1 fully saturated rings. The molecule has 0 aromatic heterocycles. The molecule has 0 aliphatic heterocycles. The van der Waals surface area contributed by atoms with Gasteiger partial charge in [0.05, 0.1) is 0 Å². The standard InChI is InChI=1S/C16H25N/c1-12(2)10-13-6-8-15(9-7-13)16(17-3)11-14-4-5-14/h6-9,12,14,16-17H,4-5,10-11H2,1-3H3. The monoisotopic (exact) mass is 231 g/mol. The summed E-state index contributed by atoms with van der Waals surface area (Å²) in [7, 11) is 2.08. The lowest BCUT2D eigenvalue weighted by atomic mass is 9.97. The summed E-state index contributed by atoms with van der Waals surface area (Å²) in [5.74, 6) is 1.72. The second-order valence-electron chi connectivity index (χ2n) is 5.86. The highest BCUT2D eigenvalue weighted by molar-refractivity contribution is 5.25. The Balaban J connectivity index is 1.99. The van der Waals surface area contributed by atoms with E-state index in [1.54, 1.807) is 0 Å². The molecule has 0 bridgehead atoms. The van der Waals surface area contributed by atoms with Crippen molar-refractivity contribution in [1.82, 2.24) is 5.32 Å². The summed E-state index contributed by atoms with van der Waals surface area (Å²) in [5.41, 5.74) is 2.91. The van der Waals surface area contributed by atoms with E-state index in [9.17, 15) is 0 Å². The van der Waals surface area contributed by atoms with Gasteiger partial charge in [0, 0.05) is 6.04 Å². The first kappa shape index (κ1) is 12.6. The Morgan fingerprint density at radius 2 is 1.82 bits per heavy atom. The van der Waals surface area contributed by atoms with Gasteiger partial charge in [-0.05, 0) is 42.9 Å². The fraction of sp³-hybridized carbons (Fsp3) is 0.625. The Kier molecular flexibility index (Phi) is 4.22. The molecule has 2 rings (SSSR count). The minimum absolute atomic E-state index is 0.551. The highest BCUT2D eigenvalue weighted by Gasteiger charge is 2.25. The lowest BCUT2D eigenvalue weighted by Crippen LogP contribution is -2.16.